The number of nitrogens with zero attached hydrogens (tertiary/aromatic N) is 1. The van der Waals surface area contributed by atoms with E-state index in [0.29, 0.717) is 12.5 Å². The van der Waals surface area contributed by atoms with Gasteiger partial charge in [0.2, 0.25) is 5.89 Å². The highest BCUT2D eigenvalue weighted by Gasteiger charge is 2.10. The van der Waals surface area contributed by atoms with Gasteiger partial charge in [0.15, 0.2) is 5.69 Å². The second kappa shape index (κ2) is 3.71. The van der Waals surface area contributed by atoms with Crippen LogP contribution < -0.4 is 0 Å². The third kappa shape index (κ3) is 1.72. The SMILES string of the molecule is C=Cc1nc(C(=O)OCC)co1. The Hall–Kier alpha value is -1.58. The van der Waals surface area contributed by atoms with Gasteiger partial charge in [-0.3, -0.25) is 0 Å². The topological polar surface area (TPSA) is 52.3 Å². The van der Waals surface area contributed by atoms with Crippen molar-refractivity contribution in [2.24, 2.45) is 0 Å². The van der Waals surface area contributed by atoms with Crippen molar-refractivity contribution < 1.29 is 13.9 Å². The first-order chi connectivity index (χ1) is 5.77. The number of ether oxygens (including phenoxy) is 1. The molecule has 0 bridgehead atoms. The number of aromatic nitrogens is 1. The van der Waals surface area contributed by atoms with Gasteiger partial charge in [0.05, 0.1) is 6.61 Å². The highest BCUT2D eigenvalue weighted by molar-refractivity contribution is 5.86. The number of rotatable bonds is 3. The van der Waals surface area contributed by atoms with Crippen molar-refractivity contribution >= 4 is 12.0 Å². The van der Waals surface area contributed by atoms with E-state index in [1.165, 1.54) is 12.3 Å². The molecule has 0 spiro atoms. The Kier molecular flexibility index (Phi) is 2.63. The fourth-order valence-corrected chi connectivity index (χ4v) is 0.680. The molecule has 0 radical (unpaired) electrons. The molecule has 0 saturated heterocycles. The van der Waals surface area contributed by atoms with Gasteiger partial charge in [-0.05, 0) is 13.0 Å². The Balaban J connectivity index is 2.74. The molecular formula is C8H9NO3. The highest BCUT2D eigenvalue weighted by Crippen LogP contribution is 2.04. The van der Waals surface area contributed by atoms with Crippen LogP contribution in [0, 0.1) is 0 Å². The Bertz CT molecular complexity index is 290. The quantitative estimate of drug-likeness (QED) is 0.640. The Morgan fingerprint density at radius 1 is 1.92 bits per heavy atom. The molecule has 0 N–H and O–H groups in total. The van der Waals surface area contributed by atoms with Gasteiger partial charge in [-0.15, -0.1) is 0 Å². The summed E-state index contributed by atoms with van der Waals surface area (Å²) in [5, 5.41) is 0. The second-order valence-corrected chi connectivity index (χ2v) is 2.00. The van der Waals surface area contributed by atoms with E-state index in [1.807, 2.05) is 0 Å². The standard InChI is InChI=1S/C8H9NO3/c1-3-7-9-6(5-12-7)8(10)11-4-2/h3,5H,1,4H2,2H3. The maximum atomic E-state index is 11.0. The van der Waals surface area contributed by atoms with Crippen LogP contribution in [0.1, 0.15) is 23.3 Å². The predicted octanol–water partition coefficient (Wildman–Crippen LogP) is 1.49. The molecule has 0 saturated carbocycles. The number of carbonyl (C=O) groups excluding carboxylic acids is 1. The first kappa shape index (κ1) is 8.52. The lowest BCUT2D eigenvalue weighted by atomic mass is 10.5. The third-order valence-corrected chi connectivity index (χ3v) is 1.18. The van der Waals surface area contributed by atoms with Gasteiger partial charge in [-0.1, -0.05) is 6.58 Å². The third-order valence-electron chi connectivity index (χ3n) is 1.18. The van der Waals surface area contributed by atoms with Gasteiger partial charge < -0.3 is 9.15 Å². The van der Waals surface area contributed by atoms with Gasteiger partial charge in [0.25, 0.3) is 0 Å². The average molecular weight is 167 g/mol. The Morgan fingerprint density at radius 3 is 3.17 bits per heavy atom. The summed E-state index contributed by atoms with van der Waals surface area (Å²) in [7, 11) is 0. The van der Waals surface area contributed by atoms with Gasteiger partial charge in [-0.2, -0.15) is 0 Å². The van der Waals surface area contributed by atoms with Crippen LogP contribution in [0.2, 0.25) is 0 Å². The maximum Gasteiger partial charge on any atom is 0.360 e. The molecule has 12 heavy (non-hydrogen) atoms. The van der Waals surface area contributed by atoms with Crippen molar-refractivity contribution in [1.82, 2.24) is 4.98 Å². The second-order valence-electron chi connectivity index (χ2n) is 2.00. The average Bonchev–Trinajstić information content (AvgIpc) is 2.52. The Labute approximate surface area is 69.9 Å². The van der Waals surface area contributed by atoms with Gasteiger partial charge in [-0.25, -0.2) is 9.78 Å². The molecule has 0 aromatic carbocycles. The molecule has 0 aliphatic rings. The molecule has 4 heteroatoms. The highest BCUT2D eigenvalue weighted by atomic mass is 16.5. The van der Waals surface area contributed by atoms with Crippen molar-refractivity contribution in [2.75, 3.05) is 6.61 Å². The van der Waals surface area contributed by atoms with Crippen LogP contribution >= 0.6 is 0 Å². The minimum absolute atomic E-state index is 0.173. The molecule has 1 aromatic rings. The predicted molar refractivity (Wildman–Crippen MR) is 42.6 cm³/mol. The van der Waals surface area contributed by atoms with E-state index in [0.717, 1.165) is 0 Å². The van der Waals surface area contributed by atoms with Crippen LogP contribution in [0.3, 0.4) is 0 Å². The normalized spacial score (nSPS) is 9.42. The van der Waals surface area contributed by atoms with E-state index < -0.39 is 5.97 Å². The fraction of sp³-hybridized carbons (Fsp3) is 0.250. The van der Waals surface area contributed by atoms with Crippen LogP contribution in [0.25, 0.3) is 6.08 Å². The van der Waals surface area contributed by atoms with Gasteiger partial charge >= 0.3 is 5.97 Å². The summed E-state index contributed by atoms with van der Waals surface area (Å²) in [5.74, 6) is -0.160. The summed E-state index contributed by atoms with van der Waals surface area (Å²) in [6, 6.07) is 0. The van der Waals surface area contributed by atoms with E-state index in [1.54, 1.807) is 6.92 Å². The molecule has 64 valence electrons. The minimum Gasteiger partial charge on any atom is -0.461 e. The van der Waals surface area contributed by atoms with Crippen LogP contribution in [0.5, 0.6) is 0 Å². The fourth-order valence-electron chi connectivity index (χ4n) is 0.680. The monoisotopic (exact) mass is 167 g/mol. The van der Waals surface area contributed by atoms with Gasteiger partial charge in [0.1, 0.15) is 6.26 Å². The molecule has 1 aromatic heterocycles. The Morgan fingerprint density at radius 2 is 2.67 bits per heavy atom. The van der Waals surface area contributed by atoms with Crippen molar-refractivity contribution in [3.63, 3.8) is 0 Å². The van der Waals surface area contributed by atoms with E-state index in [2.05, 4.69) is 11.6 Å². The number of esters is 1. The van der Waals surface area contributed by atoms with Crippen LogP contribution in [0.4, 0.5) is 0 Å². The lowest BCUT2D eigenvalue weighted by molar-refractivity contribution is 0.0519. The van der Waals surface area contributed by atoms with E-state index in [9.17, 15) is 4.79 Å². The summed E-state index contributed by atoms with van der Waals surface area (Å²) in [6.07, 6.45) is 2.66. The first-order valence-electron chi connectivity index (χ1n) is 3.53. The molecule has 0 aliphatic heterocycles. The summed E-state index contributed by atoms with van der Waals surface area (Å²) in [6.45, 7) is 5.50. The van der Waals surface area contributed by atoms with Gasteiger partial charge in [0, 0.05) is 0 Å². The van der Waals surface area contributed by atoms with E-state index in [4.69, 9.17) is 9.15 Å². The molecule has 4 nitrogen and oxygen atoms in total. The number of oxazole rings is 1. The van der Waals surface area contributed by atoms with Crippen molar-refractivity contribution in [2.45, 2.75) is 6.92 Å². The number of hydrogen-bond acceptors (Lipinski definition) is 4. The van der Waals surface area contributed by atoms with Crippen LogP contribution in [-0.4, -0.2) is 17.6 Å². The van der Waals surface area contributed by atoms with Crippen LogP contribution in [-0.2, 0) is 4.74 Å². The summed E-state index contributed by atoms with van der Waals surface area (Å²) < 4.78 is 9.54. The maximum absolute atomic E-state index is 11.0. The largest absolute Gasteiger partial charge is 0.461 e. The molecule has 0 amide bonds. The minimum atomic E-state index is -0.477. The molecule has 0 aliphatic carbocycles. The number of hydrogen-bond donors (Lipinski definition) is 0. The van der Waals surface area contributed by atoms with Crippen molar-refractivity contribution in [3.8, 4) is 0 Å². The summed E-state index contributed by atoms with van der Waals surface area (Å²) >= 11 is 0. The summed E-state index contributed by atoms with van der Waals surface area (Å²) in [4.78, 5) is 14.8. The first-order valence-corrected chi connectivity index (χ1v) is 3.53. The lowest BCUT2D eigenvalue weighted by Crippen LogP contribution is -2.04. The zero-order valence-electron chi connectivity index (χ0n) is 6.74. The molecule has 1 rings (SSSR count). The molecule has 0 unspecified atom stereocenters. The zero-order valence-corrected chi connectivity index (χ0v) is 6.74. The summed E-state index contributed by atoms with van der Waals surface area (Å²) in [5.41, 5.74) is 0.173. The van der Waals surface area contributed by atoms with E-state index >= 15 is 0 Å². The van der Waals surface area contributed by atoms with Crippen LogP contribution in [0.15, 0.2) is 17.3 Å². The molecular weight excluding hydrogens is 158 g/mol. The number of carbonyl (C=O) groups is 1. The zero-order chi connectivity index (χ0) is 8.97. The molecule has 0 atom stereocenters. The van der Waals surface area contributed by atoms with E-state index in [-0.39, 0.29) is 5.69 Å². The molecule has 1 heterocycles. The molecule has 0 fully saturated rings. The lowest BCUT2D eigenvalue weighted by Gasteiger charge is -1.94. The van der Waals surface area contributed by atoms with Crippen molar-refractivity contribution in [1.29, 1.82) is 0 Å². The smallest absolute Gasteiger partial charge is 0.360 e. The van der Waals surface area contributed by atoms with Crippen molar-refractivity contribution in [3.05, 3.63) is 24.4 Å².